The lowest BCUT2D eigenvalue weighted by atomic mass is 9.73. The lowest BCUT2D eigenvalue weighted by Crippen LogP contribution is -2.44. The molecule has 1 amide bonds. The number of pyridine rings is 1. The first-order valence-corrected chi connectivity index (χ1v) is 14.7. The fourth-order valence-electron chi connectivity index (χ4n) is 7.01. The van der Waals surface area contributed by atoms with E-state index in [9.17, 15) is 4.79 Å². The molecule has 1 atom stereocenters. The minimum Gasteiger partial charge on any atom is -0.383 e. The Kier molecular flexibility index (Phi) is 7.29. The van der Waals surface area contributed by atoms with E-state index < -0.39 is 0 Å². The summed E-state index contributed by atoms with van der Waals surface area (Å²) in [6.45, 7) is 6.11. The number of aromatic nitrogens is 1. The summed E-state index contributed by atoms with van der Waals surface area (Å²) in [4.78, 5) is 21.5. The van der Waals surface area contributed by atoms with E-state index in [1.807, 2.05) is 36.1 Å². The van der Waals surface area contributed by atoms with E-state index in [-0.39, 0.29) is 17.4 Å². The zero-order valence-electron chi connectivity index (χ0n) is 24.1. The van der Waals surface area contributed by atoms with Crippen molar-refractivity contribution in [2.45, 2.75) is 52.0 Å². The van der Waals surface area contributed by atoms with E-state index in [0.29, 0.717) is 12.4 Å². The van der Waals surface area contributed by atoms with Crippen LogP contribution in [0.1, 0.15) is 67.8 Å². The fraction of sp³-hybridized carbons (Fsp3) is 0.343. The second-order valence-electron chi connectivity index (χ2n) is 11.6. The van der Waals surface area contributed by atoms with Crippen molar-refractivity contribution in [3.05, 3.63) is 100 Å². The van der Waals surface area contributed by atoms with Gasteiger partial charge in [0.25, 0.3) is 0 Å². The molecule has 0 bridgehead atoms. The molecule has 4 N–H and O–H groups in total. The Hall–Kier alpha value is -4.12. The minimum absolute atomic E-state index is 0.0608. The summed E-state index contributed by atoms with van der Waals surface area (Å²) in [6, 6.07) is 21.0. The largest absolute Gasteiger partial charge is 0.383 e. The lowest BCUT2D eigenvalue weighted by Gasteiger charge is -2.42. The molecule has 3 aromatic rings. The maximum absolute atomic E-state index is 12.4. The molecule has 0 saturated carbocycles. The summed E-state index contributed by atoms with van der Waals surface area (Å²) in [5.41, 5.74) is 24.7. The highest BCUT2D eigenvalue weighted by Crippen LogP contribution is 2.51. The molecule has 1 fully saturated rings. The van der Waals surface area contributed by atoms with Crippen LogP contribution in [0.2, 0.25) is 0 Å². The van der Waals surface area contributed by atoms with Gasteiger partial charge in [-0.05, 0) is 97.1 Å². The first-order chi connectivity index (χ1) is 19.9. The molecule has 1 spiro atoms. The number of nitrogens with two attached hydrogens (primary N) is 2. The standard InChI is InChI=1S/C35H39N5O/c1-3-9-28(25-12-8-19-40(24(2)41)31-14-7-5-10-26(31)22-25)30-15-16-32(38-34(30)37)39-20-17-35(18-21-39)23-27-11-4-6-13-29(27)33(35)36/h3-7,10-11,13-16,22,33H,8,12,17-21,23,36H2,1-2H3,(H2,37,38)/b25-22-/t9?,33-/m1/s1. The van der Waals surface area contributed by atoms with Gasteiger partial charge in [0.2, 0.25) is 5.91 Å². The van der Waals surface area contributed by atoms with Gasteiger partial charge in [0.05, 0.1) is 5.69 Å². The average Bonchev–Trinajstić information content (AvgIpc) is 3.23. The number of nitrogens with zero attached hydrogens (tertiary/aromatic N) is 3. The van der Waals surface area contributed by atoms with Crippen LogP contribution in [0.25, 0.3) is 11.6 Å². The highest BCUT2D eigenvalue weighted by molar-refractivity contribution is 5.96. The molecule has 41 heavy (non-hydrogen) atoms. The Morgan fingerprint density at radius 2 is 1.80 bits per heavy atom. The smallest absolute Gasteiger partial charge is 0.223 e. The molecule has 2 aromatic carbocycles. The van der Waals surface area contributed by atoms with Crippen molar-refractivity contribution < 1.29 is 4.79 Å². The third kappa shape index (κ3) is 4.99. The average molecular weight is 546 g/mol. The minimum atomic E-state index is 0.0608. The Morgan fingerprint density at radius 3 is 2.54 bits per heavy atom. The molecule has 0 radical (unpaired) electrons. The van der Waals surface area contributed by atoms with E-state index >= 15 is 0 Å². The van der Waals surface area contributed by atoms with Crippen molar-refractivity contribution in [2.24, 2.45) is 11.1 Å². The molecule has 3 heterocycles. The first-order valence-electron chi connectivity index (χ1n) is 14.7. The van der Waals surface area contributed by atoms with E-state index in [0.717, 1.165) is 79.0 Å². The summed E-state index contributed by atoms with van der Waals surface area (Å²) in [5.74, 6) is 1.49. The van der Waals surface area contributed by atoms with Gasteiger partial charge in [0.1, 0.15) is 11.6 Å². The third-order valence-corrected chi connectivity index (χ3v) is 9.23. The molecule has 3 aliphatic rings. The number of piperidine rings is 1. The second-order valence-corrected chi connectivity index (χ2v) is 11.6. The molecular formula is C35H39N5O. The number of para-hydroxylation sites is 1. The van der Waals surface area contributed by atoms with Gasteiger partial charge in [0.15, 0.2) is 0 Å². The number of rotatable bonds is 3. The number of benzene rings is 2. The van der Waals surface area contributed by atoms with Crippen LogP contribution in [0.4, 0.5) is 17.3 Å². The maximum Gasteiger partial charge on any atom is 0.223 e. The summed E-state index contributed by atoms with van der Waals surface area (Å²) in [5, 5.41) is 0. The van der Waals surface area contributed by atoms with Crippen molar-refractivity contribution in [3.8, 4) is 0 Å². The molecule has 6 rings (SSSR count). The van der Waals surface area contributed by atoms with Crippen LogP contribution in [-0.2, 0) is 11.2 Å². The summed E-state index contributed by atoms with van der Waals surface area (Å²) < 4.78 is 0. The number of carbonyl (C=O) groups is 1. The van der Waals surface area contributed by atoms with Gasteiger partial charge in [-0.25, -0.2) is 4.98 Å². The van der Waals surface area contributed by atoms with E-state index in [4.69, 9.17) is 16.5 Å². The SMILES string of the molecule is CC=C=C(/C1=C\c2ccccc2N(C(C)=O)CCC1)c1ccc(N2CCC3(CC2)Cc2ccccc2[C@H]3N)nc1N. The number of hydrogen-bond donors (Lipinski definition) is 2. The second kappa shape index (κ2) is 11.0. The molecule has 1 aliphatic carbocycles. The van der Waals surface area contributed by atoms with Crippen LogP contribution < -0.4 is 21.3 Å². The number of nitrogen functional groups attached to an aromatic ring is 1. The number of anilines is 3. The molecule has 6 nitrogen and oxygen atoms in total. The Balaban J connectivity index is 1.25. The van der Waals surface area contributed by atoms with E-state index in [1.54, 1.807) is 6.92 Å². The van der Waals surface area contributed by atoms with Gasteiger partial charge in [0, 0.05) is 43.7 Å². The Labute approximate surface area is 243 Å². The van der Waals surface area contributed by atoms with Crippen molar-refractivity contribution in [3.63, 3.8) is 0 Å². The number of amides is 1. The van der Waals surface area contributed by atoms with Crippen molar-refractivity contribution in [2.75, 3.05) is 35.2 Å². The van der Waals surface area contributed by atoms with Crippen molar-refractivity contribution in [1.29, 1.82) is 0 Å². The molecule has 1 aromatic heterocycles. The number of allylic oxidation sites excluding steroid dienone is 2. The molecule has 6 heteroatoms. The van der Waals surface area contributed by atoms with Gasteiger partial charge in [-0.2, -0.15) is 0 Å². The molecule has 2 aliphatic heterocycles. The molecule has 210 valence electrons. The lowest BCUT2D eigenvalue weighted by molar-refractivity contribution is -0.116. The quantitative estimate of drug-likeness (QED) is 0.377. The van der Waals surface area contributed by atoms with Crippen LogP contribution in [-0.4, -0.2) is 30.5 Å². The zero-order chi connectivity index (χ0) is 28.6. The van der Waals surface area contributed by atoms with Crippen LogP contribution in [0, 0.1) is 5.41 Å². The normalized spacial score (nSPS) is 20.7. The highest BCUT2D eigenvalue weighted by atomic mass is 16.2. The molecule has 0 unspecified atom stereocenters. The molecular weight excluding hydrogens is 506 g/mol. The van der Waals surface area contributed by atoms with Crippen LogP contribution in [0.3, 0.4) is 0 Å². The van der Waals surface area contributed by atoms with Gasteiger partial charge in [-0.3, -0.25) is 4.79 Å². The summed E-state index contributed by atoms with van der Waals surface area (Å²) >= 11 is 0. The topological polar surface area (TPSA) is 88.5 Å². The van der Waals surface area contributed by atoms with Crippen LogP contribution in [0.15, 0.2) is 78.0 Å². The van der Waals surface area contributed by atoms with Gasteiger partial charge >= 0.3 is 0 Å². The maximum atomic E-state index is 12.4. The van der Waals surface area contributed by atoms with E-state index in [2.05, 4.69) is 59.2 Å². The highest BCUT2D eigenvalue weighted by Gasteiger charge is 2.45. The molecule has 1 saturated heterocycles. The number of hydrogen-bond acceptors (Lipinski definition) is 5. The first kappa shape index (κ1) is 27.1. The fourth-order valence-corrected chi connectivity index (χ4v) is 7.01. The zero-order valence-corrected chi connectivity index (χ0v) is 24.1. The predicted octanol–water partition coefficient (Wildman–Crippen LogP) is 6.30. The third-order valence-electron chi connectivity index (χ3n) is 9.23. The van der Waals surface area contributed by atoms with Crippen molar-refractivity contribution >= 4 is 34.9 Å². The van der Waals surface area contributed by atoms with Crippen LogP contribution >= 0.6 is 0 Å². The van der Waals surface area contributed by atoms with Crippen LogP contribution in [0.5, 0.6) is 0 Å². The van der Waals surface area contributed by atoms with E-state index in [1.165, 1.54) is 11.1 Å². The predicted molar refractivity (Wildman–Crippen MR) is 168 cm³/mol. The van der Waals surface area contributed by atoms with Gasteiger partial charge in [-0.15, -0.1) is 5.73 Å². The van der Waals surface area contributed by atoms with Gasteiger partial charge in [-0.1, -0.05) is 42.5 Å². The Bertz CT molecular complexity index is 1570. The number of fused-ring (bicyclic) bond motifs is 2. The summed E-state index contributed by atoms with van der Waals surface area (Å²) in [6.07, 6.45) is 8.92. The monoisotopic (exact) mass is 545 g/mol. The van der Waals surface area contributed by atoms with Gasteiger partial charge < -0.3 is 21.3 Å². The number of carbonyl (C=O) groups excluding carboxylic acids is 1. The van der Waals surface area contributed by atoms with Crippen molar-refractivity contribution in [1.82, 2.24) is 4.98 Å². The Morgan fingerprint density at radius 1 is 1.05 bits per heavy atom. The summed E-state index contributed by atoms with van der Waals surface area (Å²) in [7, 11) is 0.